The number of benzene rings is 1. The summed E-state index contributed by atoms with van der Waals surface area (Å²) in [6.45, 7) is 4.43. The average Bonchev–Trinajstić information content (AvgIpc) is 2.90. The van der Waals surface area contributed by atoms with Crippen LogP contribution in [0.25, 0.3) is 0 Å². The van der Waals surface area contributed by atoms with Crippen LogP contribution in [-0.4, -0.2) is 32.0 Å². The molecule has 0 radical (unpaired) electrons. The van der Waals surface area contributed by atoms with Crippen molar-refractivity contribution in [3.63, 3.8) is 0 Å². The molecule has 0 aliphatic carbocycles. The van der Waals surface area contributed by atoms with E-state index in [4.69, 9.17) is 0 Å². The van der Waals surface area contributed by atoms with Crippen LogP contribution in [0.3, 0.4) is 0 Å². The zero-order valence-electron chi connectivity index (χ0n) is 12.1. The maximum absolute atomic E-state index is 11.7. The van der Waals surface area contributed by atoms with E-state index in [1.54, 1.807) is 7.05 Å². The molecule has 0 saturated carbocycles. The SMILES string of the molecule is CCNC(=NC)NCc1ccc(N2CCCC2=O)cc1. The Balaban J connectivity index is 1.93. The Morgan fingerprint density at radius 3 is 2.60 bits per heavy atom. The fourth-order valence-electron chi connectivity index (χ4n) is 2.29. The van der Waals surface area contributed by atoms with Crippen molar-refractivity contribution in [3.8, 4) is 0 Å². The lowest BCUT2D eigenvalue weighted by Crippen LogP contribution is -2.36. The molecular weight excluding hydrogens is 252 g/mol. The lowest BCUT2D eigenvalue weighted by Gasteiger charge is -2.16. The largest absolute Gasteiger partial charge is 0.357 e. The number of hydrogen-bond donors (Lipinski definition) is 2. The van der Waals surface area contributed by atoms with Crippen LogP contribution in [0.1, 0.15) is 25.3 Å². The molecule has 5 nitrogen and oxygen atoms in total. The molecule has 1 aromatic carbocycles. The number of nitrogens with zero attached hydrogens (tertiary/aromatic N) is 2. The number of carbonyl (C=O) groups excluding carboxylic acids is 1. The van der Waals surface area contributed by atoms with Gasteiger partial charge in [0.25, 0.3) is 0 Å². The Bertz CT molecular complexity index is 481. The quantitative estimate of drug-likeness (QED) is 0.646. The first kappa shape index (κ1) is 14.4. The van der Waals surface area contributed by atoms with Gasteiger partial charge in [0.05, 0.1) is 0 Å². The van der Waals surface area contributed by atoms with Crippen LogP contribution in [-0.2, 0) is 11.3 Å². The van der Waals surface area contributed by atoms with Crippen LogP contribution in [0.15, 0.2) is 29.3 Å². The van der Waals surface area contributed by atoms with E-state index in [1.807, 2.05) is 36.1 Å². The molecule has 108 valence electrons. The van der Waals surface area contributed by atoms with Gasteiger partial charge in [-0.25, -0.2) is 0 Å². The van der Waals surface area contributed by atoms with Gasteiger partial charge in [-0.3, -0.25) is 9.79 Å². The van der Waals surface area contributed by atoms with Gasteiger partial charge in [-0.15, -0.1) is 0 Å². The summed E-state index contributed by atoms with van der Waals surface area (Å²) in [5, 5.41) is 6.39. The number of carbonyl (C=O) groups is 1. The van der Waals surface area contributed by atoms with Gasteiger partial charge in [0.1, 0.15) is 0 Å². The van der Waals surface area contributed by atoms with Gasteiger partial charge < -0.3 is 15.5 Å². The predicted octanol–water partition coefficient (Wildman–Crippen LogP) is 1.50. The molecule has 1 saturated heterocycles. The minimum atomic E-state index is 0.225. The number of nitrogens with one attached hydrogen (secondary N) is 2. The molecule has 0 atom stereocenters. The van der Waals surface area contributed by atoms with E-state index in [-0.39, 0.29) is 5.91 Å². The summed E-state index contributed by atoms with van der Waals surface area (Å²) in [7, 11) is 1.76. The number of anilines is 1. The fraction of sp³-hybridized carbons (Fsp3) is 0.467. The molecular formula is C15H22N4O. The molecule has 2 N–H and O–H groups in total. The molecule has 1 aliphatic rings. The van der Waals surface area contributed by atoms with E-state index in [9.17, 15) is 4.79 Å². The molecule has 0 aromatic heterocycles. The summed E-state index contributed by atoms with van der Waals surface area (Å²) in [6.07, 6.45) is 1.63. The topological polar surface area (TPSA) is 56.7 Å². The smallest absolute Gasteiger partial charge is 0.227 e. The lowest BCUT2D eigenvalue weighted by atomic mass is 10.2. The number of aliphatic imine (C=N–C) groups is 1. The van der Waals surface area contributed by atoms with Gasteiger partial charge in [0, 0.05) is 38.8 Å². The fourth-order valence-corrected chi connectivity index (χ4v) is 2.29. The number of hydrogen-bond acceptors (Lipinski definition) is 2. The van der Waals surface area contributed by atoms with Gasteiger partial charge >= 0.3 is 0 Å². The highest BCUT2D eigenvalue weighted by atomic mass is 16.2. The second-order valence-corrected chi connectivity index (χ2v) is 4.77. The van der Waals surface area contributed by atoms with Crippen molar-refractivity contribution in [3.05, 3.63) is 29.8 Å². The van der Waals surface area contributed by atoms with E-state index in [0.29, 0.717) is 13.0 Å². The molecule has 1 heterocycles. The number of guanidine groups is 1. The van der Waals surface area contributed by atoms with E-state index in [0.717, 1.165) is 31.2 Å². The zero-order valence-corrected chi connectivity index (χ0v) is 12.1. The van der Waals surface area contributed by atoms with Gasteiger partial charge in [0.2, 0.25) is 5.91 Å². The molecule has 1 amide bonds. The van der Waals surface area contributed by atoms with E-state index in [1.165, 1.54) is 5.56 Å². The Labute approximate surface area is 120 Å². The maximum atomic E-state index is 11.7. The van der Waals surface area contributed by atoms with Gasteiger partial charge in [-0.2, -0.15) is 0 Å². The highest BCUT2D eigenvalue weighted by molar-refractivity contribution is 5.95. The van der Waals surface area contributed by atoms with Crippen LogP contribution in [0, 0.1) is 0 Å². The molecule has 20 heavy (non-hydrogen) atoms. The second kappa shape index (κ2) is 6.93. The van der Waals surface area contributed by atoms with E-state index in [2.05, 4.69) is 15.6 Å². The highest BCUT2D eigenvalue weighted by Gasteiger charge is 2.21. The van der Waals surface area contributed by atoms with Crippen molar-refractivity contribution in [2.45, 2.75) is 26.3 Å². The standard InChI is InChI=1S/C15H22N4O/c1-3-17-15(16-2)18-11-12-6-8-13(9-7-12)19-10-4-5-14(19)20/h6-9H,3-5,10-11H2,1-2H3,(H2,16,17,18). The van der Waals surface area contributed by atoms with Gasteiger partial charge in [-0.05, 0) is 31.0 Å². The minimum absolute atomic E-state index is 0.225. The average molecular weight is 274 g/mol. The molecule has 5 heteroatoms. The molecule has 0 unspecified atom stereocenters. The Kier molecular flexibility index (Phi) is 4.98. The first-order valence-corrected chi connectivity index (χ1v) is 7.08. The molecule has 1 fully saturated rings. The van der Waals surface area contributed by atoms with Crippen LogP contribution in [0.4, 0.5) is 5.69 Å². The summed E-state index contributed by atoms with van der Waals surface area (Å²) in [5.74, 6) is 1.02. The second-order valence-electron chi connectivity index (χ2n) is 4.77. The van der Waals surface area contributed by atoms with Crippen molar-refractivity contribution < 1.29 is 4.79 Å². The van der Waals surface area contributed by atoms with Crippen LogP contribution < -0.4 is 15.5 Å². The Morgan fingerprint density at radius 1 is 1.30 bits per heavy atom. The van der Waals surface area contributed by atoms with Crippen LogP contribution in [0.5, 0.6) is 0 Å². The third kappa shape index (κ3) is 3.50. The summed E-state index contributed by atoms with van der Waals surface area (Å²) in [6, 6.07) is 8.12. The van der Waals surface area contributed by atoms with Crippen molar-refractivity contribution >= 4 is 17.6 Å². The number of amides is 1. The first-order valence-electron chi connectivity index (χ1n) is 7.08. The molecule has 0 bridgehead atoms. The lowest BCUT2D eigenvalue weighted by molar-refractivity contribution is -0.117. The van der Waals surface area contributed by atoms with Crippen molar-refractivity contribution in [2.75, 3.05) is 25.0 Å². The summed E-state index contributed by atoms with van der Waals surface area (Å²) in [4.78, 5) is 17.7. The summed E-state index contributed by atoms with van der Waals surface area (Å²) in [5.41, 5.74) is 2.16. The van der Waals surface area contributed by atoms with Gasteiger partial charge in [-0.1, -0.05) is 12.1 Å². The molecule has 2 rings (SSSR count). The third-order valence-electron chi connectivity index (χ3n) is 3.35. The highest BCUT2D eigenvalue weighted by Crippen LogP contribution is 2.21. The van der Waals surface area contributed by atoms with Crippen LogP contribution >= 0.6 is 0 Å². The van der Waals surface area contributed by atoms with Crippen LogP contribution in [0.2, 0.25) is 0 Å². The predicted molar refractivity (Wildman–Crippen MR) is 81.9 cm³/mol. The summed E-state index contributed by atoms with van der Waals surface area (Å²) < 4.78 is 0. The van der Waals surface area contributed by atoms with Crippen molar-refractivity contribution in [2.24, 2.45) is 4.99 Å². The van der Waals surface area contributed by atoms with Gasteiger partial charge in [0.15, 0.2) is 5.96 Å². The zero-order chi connectivity index (χ0) is 14.4. The van der Waals surface area contributed by atoms with E-state index < -0.39 is 0 Å². The Morgan fingerprint density at radius 2 is 2.05 bits per heavy atom. The normalized spacial score (nSPS) is 15.6. The first-order chi connectivity index (χ1) is 9.74. The minimum Gasteiger partial charge on any atom is -0.357 e. The molecule has 1 aliphatic heterocycles. The van der Waals surface area contributed by atoms with Crippen molar-refractivity contribution in [1.29, 1.82) is 0 Å². The monoisotopic (exact) mass is 274 g/mol. The molecule has 1 aromatic rings. The maximum Gasteiger partial charge on any atom is 0.227 e. The Hall–Kier alpha value is -2.04. The summed E-state index contributed by atoms with van der Waals surface area (Å²) >= 11 is 0. The van der Waals surface area contributed by atoms with E-state index >= 15 is 0 Å². The third-order valence-corrected chi connectivity index (χ3v) is 3.35. The van der Waals surface area contributed by atoms with Crippen molar-refractivity contribution in [1.82, 2.24) is 10.6 Å². The molecule has 0 spiro atoms. The number of rotatable bonds is 4.